The zero-order valence-electron chi connectivity index (χ0n) is 24.6. The van der Waals surface area contributed by atoms with Crippen molar-refractivity contribution >= 4 is 12.0 Å². The number of likely N-dealkylation sites (N-methyl/N-ethyl adjacent to an activating group) is 1. The number of carbonyl (C=O) groups excluding carboxylic acids is 1. The summed E-state index contributed by atoms with van der Waals surface area (Å²) >= 11 is 0. The Kier molecular flexibility index (Phi) is 6.61. The summed E-state index contributed by atoms with van der Waals surface area (Å²) in [7, 11) is 1.79. The van der Waals surface area contributed by atoms with E-state index in [-0.39, 0.29) is 23.7 Å². The standard InChI is InChI=1S/C36H37N3O4/c1-23-7-6-10-25(19-23)11-14-31(41)38(2)28-15-17-36(42)30-20-26-12-13-29(40)33-32(26)35(36,34(28)43-33)21-27(22-37)39(30)18-16-24-8-4-3-5-9-24/h3-14,19,27-28,30,34,40,42H,15-18,20-21H2,1-2H3/t27?,28-,30+,34-,35-,36+/m0/s1. The molecule has 7 heteroatoms. The third-order valence-electron chi connectivity index (χ3n) is 10.6. The van der Waals surface area contributed by atoms with E-state index in [2.05, 4.69) is 23.1 Å². The van der Waals surface area contributed by atoms with Gasteiger partial charge in [0.05, 0.1) is 29.2 Å². The molecule has 220 valence electrons. The third kappa shape index (κ3) is 4.11. The van der Waals surface area contributed by atoms with Crippen LogP contribution in [0.4, 0.5) is 0 Å². The molecule has 3 aromatic rings. The number of phenolic OH excluding ortho intramolecular Hbond substituents is 1. The summed E-state index contributed by atoms with van der Waals surface area (Å²) in [6.45, 7) is 2.67. The lowest BCUT2D eigenvalue weighted by Crippen LogP contribution is -2.79. The molecule has 2 aliphatic heterocycles. The minimum atomic E-state index is -1.18. The van der Waals surface area contributed by atoms with Crippen LogP contribution in [0.25, 0.3) is 6.08 Å². The van der Waals surface area contributed by atoms with Crippen LogP contribution in [0.15, 0.2) is 72.8 Å². The van der Waals surface area contributed by atoms with E-state index in [1.54, 1.807) is 24.1 Å². The summed E-state index contributed by atoms with van der Waals surface area (Å²) in [5.74, 6) is 0.286. The Bertz CT molecular complexity index is 1650. The van der Waals surface area contributed by atoms with Gasteiger partial charge in [-0.3, -0.25) is 9.69 Å². The lowest BCUT2D eigenvalue weighted by molar-refractivity contribution is -0.206. The first-order valence-corrected chi connectivity index (χ1v) is 15.2. The minimum Gasteiger partial charge on any atom is -0.504 e. The topological polar surface area (TPSA) is 97.0 Å². The number of piperidine rings is 1. The van der Waals surface area contributed by atoms with Crippen molar-refractivity contribution in [3.63, 3.8) is 0 Å². The van der Waals surface area contributed by atoms with Crippen molar-refractivity contribution in [1.29, 1.82) is 5.26 Å². The molecule has 1 amide bonds. The molecule has 2 N–H and O–H groups in total. The summed E-state index contributed by atoms with van der Waals surface area (Å²) in [5, 5.41) is 34.4. The van der Waals surface area contributed by atoms with Gasteiger partial charge >= 0.3 is 0 Å². The van der Waals surface area contributed by atoms with E-state index < -0.39 is 23.2 Å². The summed E-state index contributed by atoms with van der Waals surface area (Å²) in [4.78, 5) is 17.5. The predicted molar refractivity (Wildman–Crippen MR) is 164 cm³/mol. The van der Waals surface area contributed by atoms with E-state index in [1.807, 2.05) is 61.5 Å². The molecule has 0 aromatic heterocycles. The van der Waals surface area contributed by atoms with Crippen LogP contribution in [0.3, 0.4) is 0 Å². The van der Waals surface area contributed by atoms with E-state index in [1.165, 1.54) is 5.56 Å². The molecule has 1 unspecified atom stereocenters. The number of aliphatic hydroxyl groups is 1. The van der Waals surface area contributed by atoms with Crippen molar-refractivity contribution in [3.05, 3.63) is 101 Å². The highest BCUT2D eigenvalue weighted by Crippen LogP contribution is 2.66. The Morgan fingerprint density at radius 1 is 1.19 bits per heavy atom. The van der Waals surface area contributed by atoms with Crippen LogP contribution in [0.5, 0.6) is 11.5 Å². The quantitative estimate of drug-likeness (QED) is 0.420. The van der Waals surface area contributed by atoms with Crippen molar-refractivity contribution in [1.82, 2.24) is 9.80 Å². The number of aromatic hydroxyl groups is 1. The fraction of sp³-hybridized carbons (Fsp3) is 0.389. The average molecular weight is 576 g/mol. The fourth-order valence-electron chi connectivity index (χ4n) is 8.59. The Balaban J connectivity index is 1.26. The molecule has 7 nitrogen and oxygen atoms in total. The van der Waals surface area contributed by atoms with Crippen LogP contribution in [-0.4, -0.2) is 69.3 Å². The molecular formula is C36H37N3O4. The number of carbonyl (C=O) groups is 1. The molecule has 1 saturated carbocycles. The van der Waals surface area contributed by atoms with Crippen molar-refractivity contribution in [3.8, 4) is 17.6 Å². The third-order valence-corrected chi connectivity index (χ3v) is 10.6. The van der Waals surface area contributed by atoms with Crippen LogP contribution in [0.2, 0.25) is 0 Å². The number of benzene rings is 3. The van der Waals surface area contributed by atoms with Crippen molar-refractivity contribution in [2.45, 2.75) is 74.3 Å². The van der Waals surface area contributed by atoms with Gasteiger partial charge in [0, 0.05) is 31.3 Å². The second kappa shape index (κ2) is 10.3. The highest BCUT2D eigenvalue weighted by Gasteiger charge is 2.74. The molecule has 3 aromatic carbocycles. The number of amides is 1. The number of rotatable bonds is 6. The van der Waals surface area contributed by atoms with Crippen molar-refractivity contribution < 1.29 is 19.7 Å². The highest BCUT2D eigenvalue weighted by molar-refractivity contribution is 5.92. The van der Waals surface area contributed by atoms with E-state index in [4.69, 9.17) is 4.74 Å². The average Bonchev–Trinajstić information content (AvgIpc) is 3.36. The van der Waals surface area contributed by atoms with Gasteiger partial charge in [0.15, 0.2) is 11.5 Å². The van der Waals surface area contributed by atoms with E-state index in [9.17, 15) is 20.3 Å². The van der Waals surface area contributed by atoms with Crippen LogP contribution in [0, 0.1) is 18.3 Å². The molecule has 6 atom stereocenters. The number of hydrogen-bond acceptors (Lipinski definition) is 6. The second-order valence-corrected chi connectivity index (χ2v) is 12.7. The van der Waals surface area contributed by atoms with Crippen LogP contribution in [-0.2, 0) is 23.1 Å². The largest absolute Gasteiger partial charge is 0.504 e. The first-order valence-electron chi connectivity index (χ1n) is 15.2. The number of ether oxygens (including phenoxy) is 1. The summed E-state index contributed by atoms with van der Waals surface area (Å²) < 4.78 is 6.64. The van der Waals surface area contributed by atoms with E-state index in [0.29, 0.717) is 38.0 Å². The van der Waals surface area contributed by atoms with Gasteiger partial charge < -0.3 is 19.8 Å². The smallest absolute Gasteiger partial charge is 0.246 e. The molecule has 7 rings (SSSR count). The van der Waals surface area contributed by atoms with Gasteiger partial charge in [0.25, 0.3) is 0 Å². The Morgan fingerprint density at radius 2 is 2.00 bits per heavy atom. The monoisotopic (exact) mass is 575 g/mol. The van der Waals surface area contributed by atoms with Crippen LogP contribution in [0.1, 0.15) is 47.1 Å². The second-order valence-electron chi connectivity index (χ2n) is 12.7. The Morgan fingerprint density at radius 3 is 2.77 bits per heavy atom. The number of phenols is 1. The lowest BCUT2D eigenvalue weighted by atomic mass is 9.47. The number of nitriles is 1. The van der Waals surface area contributed by atoms with Crippen LogP contribution < -0.4 is 4.74 Å². The maximum absolute atomic E-state index is 13.5. The maximum atomic E-state index is 13.5. The van der Waals surface area contributed by atoms with Crippen LogP contribution >= 0.6 is 0 Å². The Labute approximate surface area is 252 Å². The first kappa shape index (κ1) is 27.7. The number of hydrogen-bond donors (Lipinski definition) is 2. The van der Waals surface area contributed by atoms with Gasteiger partial charge in [0.1, 0.15) is 6.10 Å². The zero-order chi connectivity index (χ0) is 29.9. The molecule has 4 aliphatic rings. The molecule has 1 saturated heterocycles. The molecule has 2 bridgehead atoms. The minimum absolute atomic E-state index is 0.0374. The van der Waals surface area contributed by atoms with Gasteiger partial charge in [-0.2, -0.15) is 5.26 Å². The Hall–Kier alpha value is -4.12. The van der Waals surface area contributed by atoms with Gasteiger partial charge in [-0.05, 0) is 67.9 Å². The molecule has 2 heterocycles. The van der Waals surface area contributed by atoms with Gasteiger partial charge in [-0.1, -0.05) is 66.2 Å². The SMILES string of the molecule is Cc1cccc(C=CC(=O)N(C)[C@H]2CC[C@@]3(O)[C@H]4Cc5ccc(O)c6c5[C@@]3(CC(C#N)N4CCc3ccccc3)[C@H]2O6)c1. The molecule has 2 fully saturated rings. The van der Waals surface area contributed by atoms with Crippen molar-refractivity contribution in [2.24, 2.45) is 0 Å². The number of aryl methyl sites for hydroxylation is 1. The number of likely N-dealkylation sites (tertiary alicyclic amines) is 1. The molecule has 43 heavy (non-hydrogen) atoms. The first-order chi connectivity index (χ1) is 20.8. The molecule has 2 aliphatic carbocycles. The zero-order valence-corrected chi connectivity index (χ0v) is 24.6. The predicted octanol–water partition coefficient (Wildman–Crippen LogP) is 4.53. The molecule has 1 spiro atoms. The fourth-order valence-corrected chi connectivity index (χ4v) is 8.59. The number of nitrogens with zero attached hydrogens (tertiary/aromatic N) is 3. The summed E-state index contributed by atoms with van der Waals surface area (Å²) in [6, 6.07) is 23.3. The normalized spacial score (nSPS) is 30.4. The van der Waals surface area contributed by atoms with E-state index in [0.717, 1.165) is 28.7 Å². The van der Waals surface area contributed by atoms with Gasteiger partial charge in [0.2, 0.25) is 5.91 Å². The van der Waals surface area contributed by atoms with E-state index >= 15 is 0 Å². The lowest BCUT2D eigenvalue weighted by Gasteiger charge is -2.65. The molecular weight excluding hydrogens is 538 g/mol. The van der Waals surface area contributed by atoms with Crippen molar-refractivity contribution in [2.75, 3.05) is 13.6 Å². The van der Waals surface area contributed by atoms with Gasteiger partial charge in [-0.15, -0.1) is 0 Å². The summed E-state index contributed by atoms with van der Waals surface area (Å²) in [5.41, 5.74) is 3.05. The van der Waals surface area contributed by atoms with Gasteiger partial charge in [-0.25, -0.2) is 0 Å². The maximum Gasteiger partial charge on any atom is 0.246 e. The molecule has 0 radical (unpaired) electrons. The summed E-state index contributed by atoms with van der Waals surface area (Å²) in [6.07, 6.45) is 5.56. The highest BCUT2D eigenvalue weighted by atomic mass is 16.5.